The Morgan fingerprint density at radius 2 is 1.44 bits per heavy atom. The molecule has 0 saturated carbocycles. The van der Waals surface area contributed by atoms with Crippen molar-refractivity contribution in [3.8, 4) is 6.07 Å². The molecule has 1 heterocycles. The first kappa shape index (κ1) is 36.7. The first-order valence-corrected chi connectivity index (χ1v) is 17.7. The van der Waals surface area contributed by atoms with E-state index < -0.39 is 5.60 Å². The fourth-order valence-corrected chi connectivity index (χ4v) is 6.54. The molecule has 2 aromatic rings. The number of fused-ring (bicyclic) bond motifs is 1. The first-order chi connectivity index (χ1) is 21.8. The lowest BCUT2D eigenvalue weighted by Crippen LogP contribution is -2.43. The van der Waals surface area contributed by atoms with E-state index in [2.05, 4.69) is 27.1 Å². The lowest BCUT2D eigenvalue weighted by atomic mass is 9.81. The van der Waals surface area contributed by atoms with E-state index in [0.717, 1.165) is 42.5 Å². The SMILES string of the molecule is CCCCCCCCCCCCCCCCCC(=O)OC[N+](C)(C)CCCC1(c2ccc(F)cc2)OCc2cc(C#N)ccc21. The molecule has 0 amide bonds. The van der Waals surface area contributed by atoms with E-state index in [1.54, 1.807) is 12.1 Å². The van der Waals surface area contributed by atoms with Gasteiger partial charge < -0.3 is 9.47 Å². The molecule has 0 aliphatic carbocycles. The van der Waals surface area contributed by atoms with Crippen molar-refractivity contribution in [1.82, 2.24) is 0 Å². The van der Waals surface area contributed by atoms with Gasteiger partial charge in [0.2, 0.25) is 6.73 Å². The van der Waals surface area contributed by atoms with E-state index in [-0.39, 0.29) is 11.8 Å². The van der Waals surface area contributed by atoms with Crippen LogP contribution in [0, 0.1) is 17.1 Å². The molecule has 1 aliphatic rings. The quantitative estimate of drug-likeness (QED) is 0.0536. The van der Waals surface area contributed by atoms with Crippen LogP contribution in [0.4, 0.5) is 4.39 Å². The van der Waals surface area contributed by atoms with Crippen LogP contribution in [0.5, 0.6) is 0 Å². The van der Waals surface area contributed by atoms with E-state index in [4.69, 9.17) is 9.47 Å². The molecule has 5 nitrogen and oxygen atoms in total. The summed E-state index contributed by atoms with van der Waals surface area (Å²) in [5.74, 6) is -0.393. The number of unbranched alkanes of at least 4 members (excludes halogenated alkanes) is 14. The number of hydrogen-bond donors (Lipinski definition) is 0. The van der Waals surface area contributed by atoms with Gasteiger partial charge in [-0.1, -0.05) is 115 Å². The molecule has 1 unspecified atom stereocenters. The summed E-state index contributed by atoms with van der Waals surface area (Å²) in [6, 6.07) is 14.4. The maximum absolute atomic E-state index is 13.8. The van der Waals surface area contributed by atoms with Crippen molar-refractivity contribution < 1.29 is 23.1 Å². The van der Waals surface area contributed by atoms with Crippen LogP contribution in [0.3, 0.4) is 0 Å². The van der Waals surface area contributed by atoms with Crippen LogP contribution in [0.2, 0.25) is 0 Å². The van der Waals surface area contributed by atoms with Gasteiger partial charge in [0.15, 0.2) is 0 Å². The lowest BCUT2D eigenvalue weighted by molar-refractivity contribution is -0.907. The smallest absolute Gasteiger partial charge is 0.310 e. The monoisotopic (exact) mass is 621 g/mol. The molecule has 0 saturated heterocycles. The predicted molar refractivity (Wildman–Crippen MR) is 180 cm³/mol. The third-order valence-electron chi connectivity index (χ3n) is 9.31. The summed E-state index contributed by atoms with van der Waals surface area (Å²) >= 11 is 0. The molecule has 1 atom stereocenters. The van der Waals surface area contributed by atoms with Crippen molar-refractivity contribution in [2.75, 3.05) is 27.4 Å². The second-order valence-electron chi connectivity index (χ2n) is 13.7. The van der Waals surface area contributed by atoms with E-state index in [1.807, 2.05) is 18.2 Å². The Morgan fingerprint density at radius 3 is 2.02 bits per heavy atom. The minimum absolute atomic E-state index is 0.111. The molecule has 0 radical (unpaired) electrons. The number of nitriles is 1. The minimum Gasteiger partial charge on any atom is -0.415 e. The highest BCUT2D eigenvalue weighted by Crippen LogP contribution is 2.45. The standard InChI is InChI=1S/C39H58FN2O3/c1-4-5-6-7-8-9-10-11-12-13-14-15-16-17-18-20-38(43)44-32-42(2,3)28-19-27-39(35-22-24-36(40)25-23-35)37-26-21-33(30-41)29-34(37)31-45-39/h21-26,29H,4-20,27-28,31-32H2,1-3H3/q+1. The zero-order valence-electron chi connectivity index (χ0n) is 28.4. The van der Waals surface area contributed by atoms with Crippen molar-refractivity contribution in [2.45, 2.75) is 135 Å². The van der Waals surface area contributed by atoms with Gasteiger partial charge in [-0.25, -0.2) is 4.39 Å². The van der Waals surface area contributed by atoms with Crippen LogP contribution in [-0.4, -0.2) is 37.8 Å². The highest BCUT2D eigenvalue weighted by Gasteiger charge is 2.42. The summed E-state index contributed by atoms with van der Waals surface area (Å²) in [4.78, 5) is 12.5. The summed E-state index contributed by atoms with van der Waals surface area (Å²) in [6.07, 6.45) is 21.6. The maximum atomic E-state index is 13.8. The number of esters is 1. The molecule has 45 heavy (non-hydrogen) atoms. The molecule has 0 fully saturated rings. The van der Waals surface area contributed by atoms with Crippen molar-refractivity contribution in [3.05, 3.63) is 70.5 Å². The van der Waals surface area contributed by atoms with Crippen LogP contribution >= 0.6 is 0 Å². The van der Waals surface area contributed by atoms with Crippen LogP contribution < -0.4 is 0 Å². The number of carbonyl (C=O) groups is 1. The Hall–Kier alpha value is -2.75. The van der Waals surface area contributed by atoms with E-state index in [1.165, 1.54) is 95.6 Å². The molecule has 3 rings (SSSR count). The van der Waals surface area contributed by atoms with Gasteiger partial charge >= 0.3 is 5.97 Å². The fraction of sp³-hybridized carbons (Fsp3) is 0.641. The third kappa shape index (κ3) is 12.5. The van der Waals surface area contributed by atoms with Crippen molar-refractivity contribution in [2.24, 2.45) is 0 Å². The summed E-state index contributed by atoms with van der Waals surface area (Å²) in [5, 5.41) is 9.35. The number of ether oxygens (including phenoxy) is 2. The summed E-state index contributed by atoms with van der Waals surface area (Å²) < 4.78 is 26.5. The molecule has 1 aliphatic heterocycles. The number of halogens is 1. The average Bonchev–Trinajstić information content (AvgIpc) is 3.40. The van der Waals surface area contributed by atoms with E-state index in [0.29, 0.717) is 36.2 Å². The van der Waals surface area contributed by atoms with Gasteiger partial charge in [0.1, 0.15) is 11.4 Å². The molecule has 0 N–H and O–H groups in total. The largest absolute Gasteiger partial charge is 0.415 e. The summed E-state index contributed by atoms with van der Waals surface area (Å²) in [5.41, 5.74) is 2.86. The first-order valence-electron chi connectivity index (χ1n) is 17.7. The molecule has 2 aromatic carbocycles. The van der Waals surface area contributed by atoms with Crippen LogP contribution in [0.25, 0.3) is 0 Å². The average molecular weight is 622 g/mol. The molecule has 248 valence electrons. The highest BCUT2D eigenvalue weighted by molar-refractivity contribution is 5.69. The Morgan fingerprint density at radius 1 is 0.867 bits per heavy atom. The Bertz CT molecular complexity index is 1190. The molecular weight excluding hydrogens is 563 g/mol. The Kier molecular flexibility index (Phi) is 16.1. The number of carbonyl (C=O) groups excluding carboxylic acids is 1. The topological polar surface area (TPSA) is 59.3 Å². The molecule has 0 bridgehead atoms. The maximum Gasteiger partial charge on any atom is 0.310 e. The van der Waals surface area contributed by atoms with Gasteiger partial charge in [-0.3, -0.25) is 9.28 Å². The second kappa shape index (κ2) is 19.7. The molecular formula is C39H58FN2O3+. The van der Waals surface area contributed by atoms with Gasteiger partial charge in [0.25, 0.3) is 0 Å². The zero-order chi connectivity index (χ0) is 32.4. The Labute approximate surface area is 272 Å². The normalized spacial score (nSPS) is 16.0. The lowest BCUT2D eigenvalue weighted by Gasteiger charge is -2.33. The van der Waals surface area contributed by atoms with Crippen molar-refractivity contribution in [1.29, 1.82) is 5.26 Å². The number of benzene rings is 2. The minimum atomic E-state index is -0.693. The van der Waals surface area contributed by atoms with E-state index in [9.17, 15) is 14.4 Å². The zero-order valence-corrected chi connectivity index (χ0v) is 28.4. The third-order valence-corrected chi connectivity index (χ3v) is 9.31. The van der Waals surface area contributed by atoms with Crippen LogP contribution in [-0.2, 0) is 26.5 Å². The molecule has 0 aromatic heterocycles. The van der Waals surface area contributed by atoms with Gasteiger partial charge in [0.05, 0.1) is 38.9 Å². The molecule has 0 spiro atoms. The van der Waals surface area contributed by atoms with Crippen LogP contribution in [0.1, 0.15) is 145 Å². The van der Waals surface area contributed by atoms with Gasteiger partial charge in [0, 0.05) is 12.8 Å². The highest BCUT2D eigenvalue weighted by atomic mass is 19.1. The van der Waals surface area contributed by atoms with E-state index >= 15 is 0 Å². The second-order valence-corrected chi connectivity index (χ2v) is 13.7. The fourth-order valence-electron chi connectivity index (χ4n) is 6.54. The Balaban J connectivity index is 1.30. The van der Waals surface area contributed by atoms with Gasteiger partial charge in [-0.05, 0) is 53.8 Å². The number of nitrogens with zero attached hydrogens (tertiary/aromatic N) is 2. The predicted octanol–water partition coefficient (Wildman–Crippen LogP) is 10.1. The summed E-state index contributed by atoms with van der Waals surface area (Å²) in [7, 11) is 4.15. The number of hydrogen-bond acceptors (Lipinski definition) is 4. The number of quaternary nitrogens is 1. The number of rotatable bonds is 23. The van der Waals surface area contributed by atoms with Crippen LogP contribution in [0.15, 0.2) is 42.5 Å². The molecule has 6 heteroatoms. The van der Waals surface area contributed by atoms with Crippen molar-refractivity contribution >= 4 is 5.97 Å². The van der Waals surface area contributed by atoms with Crippen molar-refractivity contribution in [3.63, 3.8) is 0 Å². The van der Waals surface area contributed by atoms with Gasteiger partial charge in [-0.15, -0.1) is 0 Å². The van der Waals surface area contributed by atoms with Gasteiger partial charge in [-0.2, -0.15) is 5.26 Å². The summed E-state index contributed by atoms with van der Waals surface area (Å²) in [6.45, 7) is 3.82.